The number of benzene rings is 1. The minimum Gasteiger partial charge on any atom is -0.491 e. The van der Waals surface area contributed by atoms with Crippen molar-refractivity contribution in [3.8, 4) is 5.75 Å². The molecular weight excluding hydrogens is 412 g/mol. The van der Waals surface area contributed by atoms with Crippen molar-refractivity contribution in [2.24, 2.45) is 5.92 Å². The van der Waals surface area contributed by atoms with E-state index in [4.69, 9.17) is 9.47 Å². The smallest absolute Gasteiger partial charge is 0.242 e. The van der Waals surface area contributed by atoms with Crippen molar-refractivity contribution in [3.05, 3.63) is 52.2 Å². The summed E-state index contributed by atoms with van der Waals surface area (Å²) in [5, 5.41) is 2.07. The third-order valence-electron chi connectivity index (χ3n) is 5.39. The Morgan fingerprint density at radius 1 is 1.23 bits per heavy atom. The number of carbonyl (C=O) groups excluding carboxylic acids is 2. The first-order chi connectivity index (χ1) is 15.0. The Balaban J connectivity index is 1.73. The molecule has 2 aromatic rings. The van der Waals surface area contributed by atoms with Crippen LogP contribution in [0.15, 0.2) is 41.8 Å². The van der Waals surface area contributed by atoms with E-state index in [2.05, 4.69) is 11.4 Å². The molecule has 168 valence electrons. The molecule has 0 spiro atoms. The molecule has 2 heterocycles. The van der Waals surface area contributed by atoms with Gasteiger partial charge in [0.1, 0.15) is 12.4 Å². The van der Waals surface area contributed by atoms with Gasteiger partial charge in [-0.05, 0) is 41.5 Å². The van der Waals surface area contributed by atoms with E-state index in [9.17, 15) is 9.59 Å². The monoisotopic (exact) mass is 444 g/mol. The molecule has 31 heavy (non-hydrogen) atoms. The summed E-state index contributed by atoms with van der Waals surface area (Å²) in [5.41, 5.74) is 1.15. The van der Waals surface area contributed by atoms with E-state index in [0.29, 0.717) is 32.7 Å². The molecule has 1 aliphatic heterocycles. The van der Waals surface area contributed by atoms with Gasteiger partial charge in [0.15, 0.2) is 0 Å². The van der Waals surface area contributed by atoms with Gasteiger partial charge in [-0.3, -0.25) is 9.59 Å². The number of nitrogens with zero attached hydrogens (tertiary/aromatic N) is 2. The molecule has 0 N–H and O–H groups in total. The lowest BCUT2D eigenvalue weighted by Crippen LogP contribution is -2.48. The van der Waals surface area contributed by atoms with Gasteiger partial charge in [-0.1, -0.05) is 32.0 Å². The molecule has 1 aromatic heterocycles. The van der Waals surface area contributed by atoms with Gasteiger partial charge in [-0.25, -0.2) is 0 Å². The molecule has 0 unspecified atom stereocenters. The second kappa shape index (κ2) is 11.3. The first-order valence-corrected chi connectivity index (χ1v) is 11.7. The summed E-state index contributed by atoms with van der Waals surface area (Å²) in [4.78, 5) is 30.9. The lowest BCUT2D eigenvalue weighted by molar-refractivity contribution is -0.143. The van der Waals surface area contributed by atoms with E-state index < -0.39 is 0 Å². The zero-order valence-corrected chi connectivity index (χ0v) is 19.4. The van der Waals surface area contributed by atoms with E-state index >= 15 is 0 Å². The Morgan fingerprint density at radius 2 is 2.00 bits per heavy atom. The van der Waals surface area contributed by atoms with Gasteiger partial charge >= 0.3 is 0 Å². The van der Waals surface area contributed by atoms with Gasteiger partial charge in [0.25, 0.3) is 0 Å². The number of methoxy groups -OCH3 is 1. The SMILES string of the molecule is COCCN(CC(=O)N1CCc2sccc2[C@H]1COc1ccccc1)C(=O)CC(C)C. The molecule has 0 radical (unpaired) electrons. The fraction of sp³-hybridized carbons (Fsp3) is 0.500. The molecule has 3 rings (SSSR count). The van der Waals surface area contributed by atoms with Crippen molar-refractivity contribution in [3.63, 3.8) is 0 Å². The van der Waals surface area contributed by atoms with Crippen molar-refractivity contribution >= 4 is 23.2 Å². The fourth-order valence-electron chi connectivity index (χ4n) is 3.79. The molecule has 2 amide bonds. The fourth-order valence-corrected chi connectivity index (χ4v) is 4.72. The van der Waals surface area contributed by atoms with Crippen LogP contribution in [-0.2, 0) is 20.7 Å². The number of hydrogen-bond donors (Lipinski definition) is 0. The third kappa shape index (κ3) is 6.31. The Labute approximate surface area is 188 Å². The van der Waals surface area contributed by atoms with Crippen LogP contribution in [0.25, 0.3) is 0 Å². The van der Waals surface area contributed by atoms with Crippen LogP contribution in [0.4, 0.5) is 0 Å². The number of rotatable bonds is 10. The lowest BCUT2D eigenvalue weighted by Gasteiger charge is -2.37. The summed E-state index contributed by atoms with van der Waals surface area (Å²) in [6.45, 7) is 5.92. The number of amides is 2. The summed E-state index contributed by atoms with van der Waals surface area (Å²) in [5.74, 6) is 0.964. The molecule has 0 saturated carbocycles. The molecule has 0 aliphatic carbocycles. The van der Waals surface area contributed by atoms with Crippen molar-refractivity contribution in [2.75, 3.05) is 40.0 Å². The highest BCUT2D eigenvalue weighted by atomic mass is 32.1. The van der Waals surface area contributed by atoms with Gasteiger partial charge in [0.2, 0.25) is 11.8 Å². The molecule has 0 saturated heterocycles. The second-order valence-electron chi connectivity index (χ2n) is 8.18. The second-order valence-corrected chi connectivity index (χ2v) is 9.18. The van der Waals surface area contributed by atoms with E-state index in [1.165, 1.54) is 4.88 Å². The molecule has 0 fully saturated rings. The van der Waals surface area contributed by atoms with Crippen molar-refractivity contribution < 1.29 is 19.1 Å². The number of hydrogen-bond acceptors (Lipinski definition) is 5. The first-order valence-electron chi connectivity index (χ1n) is 10.8. The topological polar surface area (TPSA) is 59.1 Å². The van der Waals surface area contributed by atoms with Crippen LogP contribution in [0.1, 0.15) is 36.8 Å². The summed E-state index contributed by atoms with van der Waals surface area (Å²) in [7, 11) is 1.60. The molecule has 7 heteroatoms. The zero-order valence-electron chi connectivity index (χ0n) is 18.6. The van der Waals surface area contributed by atoms with E-state index in [0.717, 1.165) is 17.7 Å². The van der Waals surface area contributed by atoms with E-state index in [-0.39, 0.29) is 30.3 Å². The van der Waals surface area contributed by atoms with Crippen LogP contribution in [0.3, 0.4) is 0 Å². The zero-order chi connectivity index (χ0) is 22.2. The van der Waals surface area contributed by atoms with Gasteiger partial charge in [-0.15, -0.1) is 11.3 Å². The highest BCUT2D eigenvalue weighted by Gasteiger charge is 2.33. The summed E-state index contributed by atoms with van der Waals surface area (Å²) >= 11 is 1.73. The van der Waals surface area contributed by atoms with Crippen LogP contribution in [0.2, 0.25) is 0 Å². The normalized spacial score (nSPS) is 15.6. The average Bonchev–Trinajstić information content (AvgIpc) is 3.24. The number of ether oxygens (including phenoxy) is 2. The molecular formula is C24H32N2O4S. The van der Waals surface area contributed by atoms with E-state index in [1.807, 2.05) is 49.1 Å². The van der Waals surface area contributed by atoms with Crippen LogP contribution in [0, 0.1) is 5.92 Å². The van der Waals surface area contributed by atoms with Gasteiger partial charge < -0.3 is 19.3 Å². The standard InChI is InChI=1S/C24H32N2O4S/c1-18(2)15-23(27)25(12-13-29-3)16-24(28)26-11-9-22-20(10-14-31-22)21(26)17-30-19-7-5-4-6-8-19/h4-8,10,14,18,21H,9,11-13,15-17H2,1-3H3/t21-/m1/s1. The average molecular weight is 445 g/mol. The minimum absolute atomic E-state index is 0.00860. The van der Waals surface area contributed by atoms with Crippen molar-refractivity contribution in [1.82, 2.24) is 9.80 Å². The Bertz CT molecular complexity index is 852. The molecule has 1 aliphatic rings. The predicted octanol–water partition coefficient (Wildman–Crippen LogP) is 3.77. The molecule has 0 bridgehead atoms. The molecule has 6 nitrogen and oxygen atoms in total. The van der Waals surface area contributed by atoms with Gasteiger partial charge in [-0.2, -0.15) is 0 Å². The van der Waals surface area contributed by atoms with Crippen molar-refractivity contribution in [2.45, 2.75) is 32.7 Å². The number of carbonyl (C=O) groups is 2. The summed E-state index contributed by atoms with van der Waals surface area (Å²) in [6, 6.07) is 11.6. The maximum atomic E-state index is 13.4. The summed E-state index contributed by atoms with van der Waals surface area (Å²) in [6.07, 6.45) is 1.25. The first kappa shape index (κ1) is 23.3. The molecule has 1 atom stereocenters. The highest BCUT2D eigenvalue weighted by molar-refractivity contribution is 7.10. The molecule has 1 aromatic carbocycles. The van der Waals surface area contributed by atoms with Crippen molar-refractivity contribution in [1.29, 1.82) is 0 Å². The van der Waals surface area contributed by atoms with Gasteiger partial charge in [0.05, 0.1) is 19.2 Å². The quantitative estimate of drug-likeness (QED) is 0.560. The number of thiophene rings is 1. The van der Waals surface area contributed by atoms with Crippen LogP contribution >= 0.6 is 11.3 Å². The van der Waals surface area contributed by atoms with Crippen LogP contribution in [-0.4, -0.2) is 61.6 Å². The van der Waals surface area contributed by atoms with E-state index in [1.54, 1.807) is 23.3 Å². The Morgan fingerprint density at radius 3 is 2.71 bits per heavy atom. The largest absolute Gasteiger partial charge is 0.491 e. The highest BCUT2D eigenvalue weighted by Crippen LogP contribution is 2.34. The Hall–Kier alpha value is -2.38. The number of fused-ring (bicyclic) bond motifs is 1. The lowest BCUT2D eigenvalue weighted by atomic mass is 10.0. The minimum atomic E-state index is -0.160. The number of para-hydroxylation sites is 1. The Kier molecular flexibility index (Phi) is 8.49. The van der Waals surface area contributed by atoms with Crippen LogP contribution in [0.5, 0.6) is 5.75 Å². The summed E-state index contributed by atoms with van der Waals surface area (Å²) < 4.78 is 11.2. The van der Waals surface area contributed by atoms with Gasteiger partial charge in [0, 0.05) is 31.5 Å². The maximum absolute atomic E-state index is 13.4. The maximum Gasteiger partial charge on any atom is 0.242 e. The van der Waals surface area contributed by atoms with Crippen LogP contribution < -0.4 is 4.74 Å². The third-order valence-corrected chi connectivity index (χ3v) is 6.39. The predicted molar refractivity (Wildman–Crippen MR) is 122 cm³/mol.